The maximum absolute atomic E-state index is 12.1. The molecule has 0 fully saturated rings. The van der Waals surface area contributed by atoms with Crippen molar-refractivity contribution in [3.05, 3.63) is 59.8 Å². The minimum Gasteiger partial charge on any atom is -0.508 e. The summed E-state index contributed by atoms with van der Waals surface area (Å²) < 4.78 is 1.84. The van der Waals surface area contributed by atoms with E-state index in [2.05, 4.69) is 5.32 Å². The molecule has 0 saturated carbocycles. The second kappa shape index (κ2) is 5.50. The molecule has 1 amide bonds. The van der Waals surface area contributed by atoms with Crippen LogP contribution in [0.2, 0.25) is 5.02 Å². The van der Waals surface area contributed by atoms with Crippen LogP contribution in [0.4, 0.5) is 5.69 Å². The lowest BCUT2D eigenvalue weighted by molar-refractivity contribution is -0.116. The fourth-order valence-electron chi connectivity index (χ4n) is 2.19. The van der Waals surface area contributed by atoms with E-state index in [1.54, 1.807) is 12.1 Å². The summed E-state index contributed by atoms with van der Waals surface area (Å²) in [5.74, 6) is 0.0252. The van der Waals surface area contributed by atoms with E-state index in [0.717, 1.165) is 10.9 Å². The summed E-state index contributed by atoms with van der Waals surface area (Å²) in [4.78, 5) is 12.1. The fourth-order valence-corrected chi connectivity index (χ4v) is 2.36. The number of benzene rings is 2. The van der Waals surface area contributed by atoms with Gasteiger partial charge in [-0.3, -0.25) is 4.79 Å². The van der Waals surface area contributed by atoms with Gasteiger partial charge >= 0.3 is 0 Å². The van der Waals surface area contributed by atoms with Crippen molar-refractivity contribution >= 4 is 34.1 Å². The molecule has 1 aromatic heterocycles. The molecule has 0 aliphatic carbocycles. The number of amides is 1. The van der Waals surface area contributed by atoms with Crippen LogP contribution in [0.25, 0.3) is 10.9 Å². The normalized spacial score (nSPS) is 10.7. The molecule has 106 valence electrons. The van der Waals surface area contributed by atoms with Crippen LogP contribution in [-0.4, -0.2) is 15.6 Å². The Hall–Kier alpha value is -2.46. The van der Waals surface area contributed by atoms with E-state index in [1.807, 2.05) is 35.0 Å². The molecule has 0 unspecified atom stereocenters. The Labute approximate surface area is 126 Å². The molecule has 0 spiro atoms. The number of rotatable bonds is 3. The molecule has 3 aromatic rings. The highest BCUT2D eigenvalue weighted by Gasteiger charge is 2.07. The maximum Gasteiger partial charge on any atom is 0.244 e. The molecule has 1 heterocycles. The Kier molecular flexibility index (Phi) is 3.54. The van der Waals surface area contributed by atoms with Crippen LogP contribution < -0.4 is 5.32 Å². The number of hydrogen-bond acceptors (Lipinski definition) is 2. The molecule has 2 N–H and O–H groups in total. The van der Waals surface area contributed by atoms with Crippen molar-refractivity contribution in [2.24, 2.45) is 0 Å². The largest absolute Gasteiger partial charge is 0.508 e. The van der Waals surface area contributed by atoms with Crippen molar-refractivity contribution in [3.63, 3.8) is 0 Å². The third kappa shape index (κ3) is 3.01. The number of aromatic hydroxyl groups is 1. The van der Waals surface area contributed by atoms with Crippen molar-refractivity contribution in [1.29, 1.82) is 0 Å². The number of anilines is 1. The van der Waals surface area contributed by atoms with Crippen LogP contribution in [0.3, 0.4) is 0 Å². The lowest BCUT2D eigenvalue weighted by atomic mass is 10.2. The van der Waals surface area contributed by atoms with Crippen LogP contribution in [0.15, 0.2) is 54.7 Å². The molecule has 21 heavy (non-hydrogen) atoms. The highest BCUT2D eigenvalue weighted by molar-refractivity contribution is 6.31. The molecule has 5 heteroatoms. The Morgan fingerprint density at radius 3 is 2.67 bits per heavy atom. The zero-order chi connectivity index (χ0) is 14.8. The number of carbonyl (C=O) groups is 1. The van der Waals surface area contributed by atoms with Gasteiger partial charge in [-0.2, -0.15) is 0 Å². The summed E-state index contributed by atoms with van der Waals surface area (Å²) in [5, 5.41) is 13.7. The van der Waals surface area contributed by atoms with Crippen LogP contribution in [0.5, 0.6) is 5.75 Å². The van der Waals surface area contributed by atoms with E-state index >= 15 is 0 Å². The number of nitrogens with one attached hydrogen (secondary N) is 1. The predicted molar refractivity (Wildman–Crippen MR) is 83.7 cm³/mol. The van der Waals surface area contributed by atoms with Crippen LogP contribution >= 0.6 is 11.6 Å². The quantitative estimate of drug-likeness (QED) is 0.726. The molecule has 0 aliphatic rings. The lowest BCUT2D eigenvalue weighted by Crippen LogP contribution is -2.18. The maximum atomic E-state index is 12.1. The molecule has 0 atom stereocenters. The van der Waals surface area contributed by atoms with Crippen molar-refractivity contribution in [2.45, 2.75) is 6.54 Å². The first-order valence-electron chi connectivity index (χ1n) is 6.45. The zero-order valence-corrected chi connectivity index (χ0v) is 11.8. The molecule has 4 nitrogen and oxygen atoms in total. The summed E-state index contributed by atoms with van der Waals surface area (Å²) in [6.07, 6.45) is 1.86. The van der Waals surface area contributed by atoms with Crippen molar-refractivity contribution in [1.82, 2.24) is 4.57 Å². The van der Waals surface area contributed by atoms with E-state index < -0.39 is 0 Å². The molecule has 0 aliphatic heterocycles. The second-order valence-electron chi connectivity index (χ2n) is 4.74. The Morgan fingerprint density at radius 2 is 1.90 bits per heavy atom. The summed E-state index contributed by atoms with van der Waals surface area (Å²) in [6, 6.07) is 13.9. The minimum absolute atomic E-state index is 0.141. The second-order valence-corrected chi connectivity index (χ2v) is 5.18. The first-order valence-corrected chi connectivity index (χ1v) is 6.83. The zero-order valence-electron chi connectivity index (χ0n) is 11.1. The minimum atomic E-state index is -0.141. The van der Waals surface area contributed by atoms with Crippen molar-refractivity contribution in [3.8, 4) is 5.75 Å². The monoisotopic (exact) mass is 300 g/mol. The number of phenolic OH excluding ortho intramolecular Hbond substituents is 1. The van der Waals surface area contributed by atoms with Crippen LogP contribution in [0.1, 0.15) is 0 Å². The van der Waals surface area contributed by atoms with Gasteiger partial charge in [0.1, 0.15) is 12.3 Å². The summed E-state index contributed by atoms with van der Waals surface area (Å²) >= 11 is 5.99. The third-order valence-corrected chi connectivity index (χ3v) is 3.44. The number of aromatic nitrogens is 1. The highest BCUT2D eigenvalue weighted by atomic mass is 35.5. The van der Waals surface area contributed by atoms with Crippen LogP contribution in [0, 0.1) is 0 Å². The van der Waals surface area contributed by atoms with Gasteiger partial charge in [0.05, 0.1) is 0 Å². The molecular formula is C16H13ClN2O2. The standard InChI is InChI=1S/C16H13ClN2O2/c17-12-2-1-11-7-8-19(15(11)9-12)10-16(21)18-13-3-5-14(20)6-4-13/h1-9,20H,10H2,(H,18,21). The van der Waals surface area contributed by atoms with Gasteiger partial charge < -0.3 is 15.0 Å². The third-order valence-electron chi connectivity index (χ3n) is 3.20. The average molecular weight is 301 g/mol. The summed E-state index contributed by atoms with van der Waals surface area (Å²) in [6.45, 7) is 0.199. The van der Waals surface area contributed by atoms with Gasteiger partial charge in [0.2, 0.25) is 5.91 Å². The molecule has 0 radical (unpaired) electrons. The first kappa shape index (κ1) is 13.5. The SMILES string of the molecule is O=C(Cn1ccc2ccc(Cl)cc21)Nc1ccc(O)cc1. The number of phenols is 1. The molecule has 0 saturated heterocycles. The topological polar surface area (TPSA) is 54.3 Å². The van der Waals surface area contributed by atoms with E-state index in [4.69, 9.17) is 11.6 Å². The predicted octanol–water partition coefficient (Wildman–Crippen LogP) is 3.64. The number of fused-ring (bicyclic) bond motifs is 1. The van der Waals surface area contributed by atoms with Crippen molar-refractivity contribution < 1.29 is 9.90 Å². The van der Waals surface area contributed by atoms with Gasteiger partial charge in [0, 0.05) is 22.4 Å². The molecular weight excluding hydrogens is 288 g/mol. The van der Waals surface area contributed by atoms with Gasteiger partial charge in [-0.05, 0) is 47.9 Å². The van der Waals surface area contributed by atoms with E-state index in [1.165, 1.54) is 12.1 Å². The van der Waals surface area contributed by atoms with E-state index in [9.17, 15) is 9.90 Å². The number of halogens is 1. The van der Waals surface area contributed by atoms with Crippen LogP contribution in [-0.2, 0) is 11.3 Å². The number of carbonyl (C=O) groups excluding carboxylic acids is 1. The molecule has 2 aromatic carbocycles. The molecule has 3 rings (SSSR count). The van der Waals surface area contributed by atoms with Gasteiger partial charge in [-0.15, -0.1) is 0 Å². The lowest BCUT2D eigenvalue weighted by Gasteiger charge is -2.07. The van der Waals surface area contributed by atoms with Gasteiger partial charge in [-0.1, -0.05) is 17.7 Å². The summed E-state index contributed by atoms with van der Waals surface area (Å²) in [7, 11) is 0. The average Bonchev–Trinajstić information content (AvgIpc) is 2.84. The Bertz CT molecular complexity index is 794. The smallest absolute Gasteiger partial charge is 0.244 e. The Balaban J connectivity index is 1.77. The van der Waals surface area contributed by atoms with Gasteiger partial charge in [-0.25, -0.2) is 0 Å². The van der Waals surface area contributed by atoms with E-state index in [0.29, 0.717) is 10.7 Å². The number of hydrogen-bond donors (Lipinski definition) is 2. The Morgan fingerprint density at radius 1 is 1.14 bits per heavy atom. The highest BCUT2D eigenvalue weighted by Crippen LogP contribution is 2.20. The van der Waals surface area contributed by atoms with Gasteiger partial charge in [0.25, 0.3) is 0 Å². The summed E-state index contributed by atoms with van der Waals surface area (Å²) in [5.41, 5.74) is 1.57. The number of nitrogens with zero attached hydrogens (tertiary/aromatic N) is 1. The van der Waals surface area contributed by atoms with E-state index in [-0.39, 0.29) is 18.2 Å². The molecule has 0 bridgehead atoms. The fraction of sp³-hybridized carbons (Fsp3) is 0.0625. The van der Waals surface area contributed by atoms with Crippen molar-refractivity contribution in [2.75, 3.05) is 5.32 Å². The first-order chi connectivity index (χ1) is 10.1. The van der Waals surface area contributed by atoms with Gasteiger partial charge in [0.15, 0.2) is 0 Å².